The average molecular weight is 284 g/mol. The van der Waals surface area contributed by atoms with Crippen molar-refractivity contribution in [3.05, 3.63) is 35.4 Å². The molecular weight excluding hydrogens is 268 g/mol. The third-order valence-corrected chi connectivity index (χ3v) is 3.50. The van der Waals surface area contributed by atoms with Gasteiger partial charge >= 0.3 is 0 Å². The Bertz CT molecular complexity index is 471. The number of rotatable bonds is 5. The molecule has 0 saturated carbocycles. The lowest BCUT2D eigenvalue weighted by molar-refractivity contribution is 0.0943. The first kappa shape index (κ1) is 14.8. The van der Waals surface area contributed by atoms with E-state index in [1.54, 1.807) is 30.5 Å². The first-order valence-corrected chi connectivity index (χ1v) is 7.54. The Kier molecular flexibility index (Phi) is 5.43. The molecule has 4 nitrogen and oxygen atoms in total. The summed E-state index contributed by atoms with van der Waals surface area (Å²) in [4.78, 5) is 12.1. The maximum atomic E-state index is 11.8. The number of thiocarbonyl (C=S) groups is 1. The fourth-order valence-corrected chi connectivity index (χ4v) is 2.41. The van der Waals surface area contributed by atoms with E-state index in [9.17, 15) is 9.00 Å². The highest BCUT2D eigenvalue weighted by Crippen LogP contribution is 2.05. The van der Waals surface area contributed by atoms with Crippen molar-refractivity contribution in [2.45, 2.75) is 13.0 Å². The van der Waals surface area contributed by atoms with Gasteiger partial charge in [0.1, 0.15) is 4.99 Å². The Morgan fingerprint density at radius 1 is 1.39 bits per heavy atom. The summed E-state index contributed by atoms with van der Waals surface area (Å²) in [6, 6.07) is 6.62. The third kappa shape index (κ3) is 4.54. The summed E-state index contributed by atoms with van der Waals surface area (Å²) < 4.78 is 11.0. The molecule has 0 spiro atoms. The van der Waals surface area contributed by atoms with Crippen molar-refractivity contribution in [3.63, 3.8) is 0 Å². The summed E-state index contributed by atoms with van der Waals surface area (Å²) in [5.74, 6) is 0.249. The van der Waals surface area contributed by atoms with Gasteiger partial charge in [-0.05, 0) is 19.1 Å². The SMILES string of the molecule is CC(CS(C)=O)NC(=O)c1ccc(C(N)=S)cc1. The number of carbonyl (C=O) groups is 1. The molecule has 0 aliphatic carbocycles. The smallest absolute Gasteiger partial charge is 0.251 e. The van der Waals surface area contributed by atoms with Crippen LogP contribution < -0.4 is 11.1 Å². The zero-order valence-electron chi connectivity index (χ0n) is 10.3. The van der Waals surface area contributed by atoms with Crippen LogP contribution in [0.3, 0.4) is 0 Å². The quantitative estimate of drug-likeness (QED) is 0.785. The standard InChI is InChI=1S/C12H16N2O2S2/c1-8(7-18(2)16)14-12(15)10-5-3-9(4-6-10)11(13)17/h3-6,8H,7H2,1-2H3,(H2,13,17)(H,14,15). The van der Waals surface area contributed by atoms with E-state index in [0.717, 1.165) is 5.56 Å². The largest absolute Gasteiger partial charge is 0.389 e. The van der Waals surface area contributed by atoms with Crippen molar-refractivity contribution in [2.75, 3.05) is 12.0 Å². The molecular formula is C12H16N2O2S2. The van der Waals surface area contributed by atoms with Gasteiger partial charge < -0.3 is 11.1 Å². The van der Waals surface area contributed by atoms with Crippen LogP contribution in [0.1, 0.15) is 22.8 Å². The van der Waals surface area contributed by atoms with Gasteiger partial charge in [0.15, 0.2) is 0 Å². The van der Waals surface area contributed by atoms with Gasteiger partial charge in [0.25, 0.3) is 5.91 Å². The first-order chi connectivity index (χ1) is 8.40. The van der Waals surface area contributed by atoms with Crippen LogP contribution in [0.15, 0.2) is 24.3 Å². The van der Waals surface area contributed by atoms with Crippen molar-refractivity contribution in [2.24, 2.45) is 5.73 Å². The second-order valence-corrected chi connectivity index (χ2v) is 5.98. The molecule has 98 valence electrons. The lowest BCUT2D eigenvalue weighted by Crippen LogP contribution is -2.36. The van der Waals surface area contributed by atoms with Gasteiger partial charge in [-0.2, -0.15) is 0 Å². The molecule has 1 rings (SSSR count). The van der Waals surface area contributed by atoms with E-state index in [2.05, 4.69) is 5.32 Å². The molecule has 0 aromatic heterocycles. The van der Waals surface area contributed by atoms with E-state index in [1.165, 1.54) is 0 Å². The summed E-state index contributed by atoms with van der Waals surface area (Å²) in [5.41, 5.74) is 6.73. The lowest BCUT2D eigenvalue weighted by atomic mass is 10.1. The lowest BCUT2D eigenvalue weighted by Gasteiger charge is -2.12. The van der Waals surface area contributed by atoms with Crippen LogP contribution in [0.4, 0.5) is 0 Å². The average Bonchev–Trinajstić information content (AvgIpc) is 2.27. The molecule has 1 aromatic rings. The van der Waals surface area contributed by atoms with E-state index in [0.29, 0.717) is 16.3 Å². The summed E-state index contributed by atoms with van der Waals surface area (Å²) >= 11 is 4.83. The second kappa shape index (κ2) is 6.61. The minimum absolute atomic E-state index is 0.126. The minimum Gasteiger partial charge on any atom is -0.389 e. The van der Waals surface area contributed by atoms with Crippen LogP contribution in [0.2, 0.25) is 0 Å². The molecule has 0 aliphatic heterocycles. The number of nitrogens with one attached hydrogen (secondary N) is 1. The van der Waals surface area contributed by atoms with Crippen LogP contribution >= 0.6 is 12.2 Å². The maximum absolute atomic E-state index is 11.8. The first-order valence-electron chi connectivity index (χ1n) is 5.41. The summed E-state index contributed by atoms with van der Waals surface area (Å²) in [5, 5.41) is 2.78. The van der Waals surface area contributed by atoms with Crippen LogP contribution in [0.25, 0.3) is 0 Å². The van der Waals surface area contributed by atoms with Gasteiger partial charge in [0.05, 0.1) is 0 Å². The predicted octanol–water partition coefficient (Wildman–Crippen LogP) is 0.818. The zero-order chi connectivity index (χ0) is 13.7. The number of benzene rings is 1. The third-order valence-electron chi connectivity index (χ3n) is 2.29. The molecule has 1 amide bonds. The fraction of sp³-hybridized carbons (Fsp3) is 0.333. The molecule has 2 unspecified atom stereocenters. The highest BCUT2D eigenvalue weighted by Gasteiger charge is 2.10. The number of hydrogen-bond donors (Lipinski definition) is 2. The maximum Gasteiger partial charge on any atom is 0.251 e. The Labute approximate surface area is 114 Å². The molecule has 6 heteroatoms. The van der Waals surface area contributed by atoms with Gasteiger partial charge in [0, 0.05) is 40.0 Å². The highest BCUT2D eigenvalue weighted by molar-refractivity contribution is 7.84. The molecule has 0 aliphatic rings. The molecule has 0 heterocycles. The van der Waals surface area contributed by atoms with E-state index in [4.69, 9.17) is 18.0 Å². The van der Waals surface area contributed by atoms with Crippen molar-refractivity contribution in [1.29, 1.82) is 0 Å². The van der Waals surface area contributed by atoms with Crippen molar-refractivity contribution < 1.29 is 9.00 Å². The van der Waals surface area contributed by atoms with E-state index in [1.807, 2.05) is 6.92 Å². The van der Waals surface area contributed by atoms with Crippen LogP contribution in [0, 0.1) is 0 Å². The normalized spacial score (nSPS) is 13.7. The Morgan fingerprint density at radius 3 is 2.33 bits per heavy atom. The summed E-state index contributed by atoms with van der Waals surface area (Å²) in [6.45, 7) is 1.82. The molecule has 0 radical (unpaired) electrons. The number of nitrogens with two attached hydrogens (primary N) is 1. The van der Waals surface area contributed by atoms with Gasteiger partial charge in [-0.25, -0.2) is 0 Å². The van der Waals surface area contributed by atoms with Crippen LogP contribution in [-0.2, 0) is 10.8 Å². The van der Waals surface area contributed by atoms with Gasteiger partial charge in [-0.3, -0.25) is 9.00 Å². The monoisotopic (exact) mass is 284 g/mol. The Hall–Kier alpha value is -1.27. The molecule has 1 aromatic carbocycles. The molecule has 0 bridgehead atoms. The van der Waals surface area contributed by atoms with Gasteiger partial charge in [-0.15, -0.1) is 0 Å². The summed E-state index contributed by atoms with van der Waals surface area (Å²) in [7, 11) is -0.927. The number of carbonyl (C=O) groups excluding carboxylic acids is 1. The van der Waals surface area contributed by atoms with Crippen molar-refractivity contribution >= 4 is 33.9 Å². The Balaban J connectivity index is 2.67. The predicted molar refractivity (Wildman–Crippen MR) is 78.2 cm³/mol. The molecule has 2 atom stereocenters. The van der Waals surface area contributed by atoms with Crippen LogP contribution in [0.5, 0.6) is 0 Å². The topological polar surface area (TPSA) is 72.2 Å². The second-order valence-electron chi connectivity index (χ2n) is 4.06. The zero-order valence-corrected chi connectivity index (χ0v) is 11.9. The van der Waals surface area contributed by atoms with Crippen molar-refractivity contribution in [1.82, 2.24) is 5.32 Å². The number of hydrogen-bond acceptors (Lipinski definition) is 3. The van der Waals surface area contributed by atoms with Gasteiger partial charge in [-0.1, -0.05) is 24.4 Å². The summed E-state index contributed by atoms with van der Waals surface area (Å²) in [6.07, 6.45) is 1.61. The molecule has 0 saturated heterocycles. The van der Waals surface area contributed by atoms with E-state index >= 15 is 0 Å². The highest BCUT2D eigenvalue weighted by atomic mass is 32.2. The minimum atomic E-state index is -0.927. The molecule has 0 fully saturated rings. The Morgan fingerprint density at radius 2 is 1.89 bits per heavy atom. The fourth-order valence-electron chi connectivity index (χ4n) is 1.49. The molecule has 18 heavy (non-hydrogen) atoms. The number of amides is 1. The van der Waals surface area contributed by atoms with E-state index < -0.39 is 10.8 Å². The molecule has 3 N–H and O–H groups in total. The van der Waals surface area contributed by atoms with Gasteiger partial charge in [0.2, 0.25) is 0 Å². The van der Waals surface area contributed by atoms with Crippen LogP contribution in [-0.4, -0.2) is 33.2 Å². The van der Waals surface area contributed by atoms with Crippen molar-refractivity contribution in [3.8, 4) is 0 Å². The van der Waals surface area contributed by atoms with E-state index in [-0.39, 0.29) is 11.9 Å².